The van der Waals surface area contributed by atoms with Crippen molar-refractivity contribution in [2.75, 3.05) is 19.7 Å². The summed E-state index contributed by atoms with van der Waals surface area (Å²) in [5.74, 6) is 0.804. The van der Waals surface area contributed by atoms with Crippen LogP contribution in [0.15, 0.2) is 42.6 Å². The molecule has 1 fully saturated rings. The highest BCUT2D eigenvalue weighted by atomic mass is 19.1. The second-order valence-corrected chi connectivity index (χ2v) is 7.83. The maximum absolute atomic E-state index is 13.4. The molecule has 1 N–H and O–H groups in total. The third kappa shape index (κ3) is 3.28. The molecule has 5 rings (SSSR count). The minimum Gasteiger partial charge on any atom is -0.486 e. The number of rotatable bonds is 2. The lowest BCUT2D eigenvalue weighted by molar-refractivity contribution is -0.121. The third-order valence-electron chi connectivity index (χ3n) is 5.98. The van der Waals surface area contributed by atoms with Gasteiger partial charge in [-0.25, -0.2) is 4.39 Å². The summed E-state index contributed by atoms with van der Waals surface area (Å²) in [4.78, 5) is 29.6. The summed E-state index contributed by atoms with van der Waals surface area (Å²) >= 11 is 0. The zero-order valence-corrected chi connectivity index (χ0v) is 15.9. The smallest absolute Gasteiger partial charge is 0.253 e. The third-order valence-corrected chi connectivity index (χ3v) is 5.98. The highest BCUT2D eigenvalue weighted by molar-refractivity contribution is 5.95. The molecule has 0 saturated carbocycles. The topological polar surface area (TPSA) is 62.4 Å². The van der Waals surface area contributed by atoms with Gasteiger partial charge in [0.05, 0.1) is 0 Å². The summed E-state index contributed by atoms with van der Waals surface area (Å²) in [5, 5.41) is 1.05. The SMILES string of the molecule is O=C1COc2ccc(C(=O)N3CCC(c4c[nH]c5cc(F)ccc45)CC3)cc2C1. The van der Waals surface area contributed by atoms with E-state index in [1.807, 2.05) is 17.2 Å². The molecule has 1 amide bonds. The van der Waals surface area contributed by atoms with Gasteiger partial charge in [0.1, 0.15) is 18.2 Å². The molecule has 0 aliphatic carbocycles. The fourth-order valence-electron chi connectivity index (χ4n) is 4.45. The number of H-pyrrole nitrogens is 1. The van der Waals surface area contributed by atoms with Crippen molar-refractivity contribution in [3.8, 4) is 5.75 Å². The van der Waals surface area contributed by atoms with Crippen molar-refractivity contribution in [3.63, 3.8) is 0 Å². The molecule has 6 heteroatoms. The minimum absolute atomic E-state index is 0.00901. The second-order valence-electron chi connectivity index (χ2n) is 7.83. The number of halogens is 1. The van der Waals surface area contributed by atoms with Crippen LogP contribution >= 0.6 is 0 Å². The zero-order chi connectivity index (χ0) is 20.0. The minimum atomic E-state index is -0.247. The molecular weight excluding hydrogens is 371 g/mol. The van der Waals surface area contributed by atoms with E-state index in [1.165, 1.54) is 17.7 Å². The Balaban J connectivity index is 1.29. The van der Waals surface area contributed by atoms with Gasteiger partial charge >= 0.3 is 0 Å². The number of aromatic nitrogens is 1. The number of fused-ring (bicyclic) bond motifs is 2. The highest BCUT2D eigenvalue weighted by Gasteiger charge is 2.27. The summed E-state index contributed by atoms with van der Waals surface area (Å²) in [7, 11) is 0. The van der Waals surface area contributed by atoms with Crippen molar-refractivity contribution < 1.29 is 18.7 Å². The average Bonchev–Trinajstić information content (AvgIpc) is 3.15. The normalized spacial score (nSPS) is 17.3. The van der Waals surface area contributed by atoms with Gasteiger partial charge in [-0.1, -0.05) is 0 Å². The van der Waals surface area contributed by atoms with Gasteiger partial charge in [-0.2, -0.15) is 0 Å². The molecule has 29 heavy (non-hydrogen) atoms. The molecular formula is C23H21FN2O3. The van der Waals surface area contributed by atoms with Crippen LogP contribution in [0.5, 0.6) is 5.75 Å². The molecule has 148 valence electrons. The molecule has 5 nitrogen and oxygen atoms in total. The number of aromatic amines is 1. The Morgan fingerprint density at radius 3 is 2.79 bits per heavy atom. The number of amides is 1. The Kier molecular flexibility index (Phi) is 4.34. The number of carbonyl (C=O) groups excluding carboxylic acids is 2. The van der Waals surface area contributed by atoms with Gasteiger partial charge in [0, 0.05) is 47.7 Å². The molecule has 2 aliphatic rings. The quantitative estimate of drug-likeness (QED) is 0.721. The molecule has 0 radical (unpaired) electrons. The first-order chi connectivity index (χ1) is 14.1. The predicted molar refractivity (Wildman–Crippen MR) is 107 cm³/mol. The van der Waals surface area contributed by atoms with Crippen LogP contribution in [-0.4, -0.2) is 41.3 Å². The molecule has 1 saturated heterocycles. The first-order valence-electron chi connectivity index (χ1n) is 9.92. The number of likely N-dealkylation sites (tertiary alicyclic amines) is 1. The Bertz CT molecular complexity index is 1110. The molecule has 2 aliphatic heterocycles. The summed E-state index contributed by atoms with van der Waals surface area (Å²) in [6, 6.07) is 10.2. The molecule has 0 atom stereocenters. The van der Waals surface area contributed by atoms with Crippen molar-refractivity contribution in [2.45, 2.75) is 25.2 Å². The summed E-state index contributed by atoms with van der Waals surface area (Å²) < 4.78 is 18.8. The number of ether oxygens (including phenoxy) is 1. The van der Waals surface area contributed by atoms with Gasteiger partial charge < -0.3 is 14.6 Å². The fraction of sp³-hybridized carbons (Fsp3) is 0.304. The lowest BCUT2D eigenvalue weighted by atomic mass is 9.89. The van der Waals surface area contributed by atoms with Crippen molar-refractivity contribution in [1.82, 2.24) is 9.88 Å². The lowest BCUT2D eigenvalue weighted by Crippen LogP contribution is -2.38. The molecule has 0 bridgehead atoms. The van der Waals surface area contributed by atoms with Gasteiger partial charge in [-0.15, -0.1) is 0 Å². The summed E-state index contributed by atoms with van der Waals surface area (Å²) in [5.41, 5.74) is 3.39. The van der Waals surface area contributed by atoms with E-state index in [0.29, 0.717) is 36.7 Å². The van der Waals surface area contributed by atoms with Gasteiger partial charge in [-0.3, -0.25) is 9.59 Å². The standard InChI is InChI=1S/C23H21FN2O3/c24-17-2-3-19-20(12-25-21(19)11-17)14-5-7-26(8-6-14)23(28)15-1-4-22-16(9-15)10-18(27)13-29-22/h1-4,9,11-12,14,25H,5-8,10,13H2. The van der Waals surface area contributed by atoms with E-state index in [1.54, 1.807) is 18.2 Å². The number of hydrogen-bond donors (Lipinski definition) is 1. The number of nitrogens with one attached hydrogen (secondary N) is 1. The van der Waals surface area contributed by atoms with Crippen LogP contribution in [0, 0.1) is 5.82 Å². The largest absolute Gasteiger partial charge is 0.486 e. The average molecular weight is 392 g/mol. The zero-order valence-electron chi connectivity index (χ0n) is 15.9. The van der Waals surface area contributed by atoms with Crippen LogP contribution in [0.4, 0.5) is 4.39 Å². The number of benzene rings is 2. The van der Waals surface area contributed by atoms with E-state index in [2.05, 4.69) is 4.98 Å². The molecule has 1 aromatic heterocycles. The molecule has 2 aromatic carbocycles. The Hall–Kier alpha value is -3.15. The Morgan fingerprint density at radius 2 is 1.97 bits per heavy atom. The van der Waals surface area contributed by atoms with Crippen molar-refractivity contribution in [1.29, 1.82) is 0 Å². The number of nitrogens with zero attached hydrogens (tertiary/aromatic N) is 1. The van der Waals surface area contributed by atoms with Crippen LogP contribution in [0.1, 0.15) is 40.2 Å². The highest BCUT2D eigenvalue weighted by Crippen LogP contribution is 2.34. The van der Waals surface area contributed by atoms with Crippen LogP contribution < -0.4 is 4.74 Å². The van der Waals surface area contributed by atoms with Crippen LogP contribution in [0.2, 0.25) is 0 Å². The molecule has 0 spiro atoms. The van der Waals surface area contributed by atoms with E-state index in [4.69, 9.17) is 4.74 Å². The fourth-order valence-corrected chi connectivity index (χ4v) is 4.45. The summed E-state index contributed by atoms with van der Waals surface area (Å²) in [6.45, 7) is 1.45. The van der Waals surface area contributed by atoms with Crippen molar-refractivity contribution in [3.05, 3.63) is 65.1 Å². The summed E-state index contributed by atoms with van der Waals surface area (Å²) in [6.07, 6.45) is 4.01. The maximum atomic E-state index is 13.4. The first kappa shape index (κ1) is 17.9. The maximum Gasteiger partial charge on any atom is 0.253 e. The predicted octanol–water partition coefficient (Wildman–Crippen LogP) is 3.83. The van der Waals surface area contributed by atoms with E-state index in [9.17, 15) is 14.0 Å². The van der Waals surface area contributed by atoms with Gasteiger partial charge in [-0.05, 0) is 60.7 Å². The van der Waals surface area contributed by atoms with Crippen molar-refractivity contribution in [2.24, 2.45) is 0 Å². The van der Waals surface area contributed by atoms with E-state index >= 15 is 0 Å². The van der Waals surface area contributed by atoms with Crippen molar-refractivity contribution >= 4 is 22.6 Å². The molecule has 3 aromatic rings. The van der Waals surface area contributed by atoms with E-state index < -0.39 is 0 Å². The Labute approximate surface area is 167 Å². The molecule has 0 unspecified atom stereocenters. The van der Waals surface area contributed by atoms with E-state index in [-0.39, 0.29) is 24.1 Å². The van der Waals surface area contributed by atoms with Crippen LogP contribution in [-0.2, 0) is 11.2 Å². The Morgan fingerprint density at radius 1 is 1.14 bits per heavy atom. The van der Waals surface area contributed by atoms with Gasteiger partial charge in [0.2, 0.25) is 0 Å². The number of ketones is 1. The number of hydrogen-bond acceptors (Lipinski definition) is 3. The lowest BCUT2D eigenvalue weighted by Gasteiger charge is -2.32. The van der Waals surface area contributed by atoms with Crippen LogP contribution in [0.25, 0.3) is 10.9 Å². The number of Topliss-reactive ketones (excluding diaryl/α,β-unsaturated/α-hetero) is 1. The van der Waals surface area contributed by atoms with Crippen LogP contribution in [0.3, 0.4) is 0 Å². The number of piperidine rings is 1. The first-order valence-corrected chi connectivity index (χ1v) is 9.92. The molecule has 3 heterocycles. The number of carbonyl (C=O) groups is 2. The monoisotopic (exact) mass is 392 g/mol. The van der Waals surface area contributed by atoms with Gasteiger partial charge in [0.15, 0.2) is 5.78 Å². The second kappa shape index (κ2) is 7.03. The van der Waals surface area contributed by atoms with E-state index in [0.717, 1.165) is 29.3 Å². The van der Waals surface area contributed by atoms with Gasteiger partial charge in [0.25, 0.3) is 5.91 Å².